The number of amides is 1. The average molecular weight is 284 g/mol. The van der Waals surface area contributed by atoms with E-state index in [4.69, 9.17) is 5.11 Å². The number of carboxylic acid groups (broad SMARTS) is 1. The Morgan fingerprint density at radius 1 is 1.42 bits per heavy atom. The van der Waals surface area contributed by atoms with E-state index in [0.29, 0.717) is 12.1 Å². The van der Waals surface area contributed by atoms with E-state index in [1.807, 2.05) is 13.8 Å². The summed E-state index contributed by atoms with van der Waals surface area (Å²) >= 11 is 1.45. The summed E-state index contributed by atoms with van der Waals surface area (Å²) in [5, 5.41) is 14.2. The van der Waals surface area contributed by atoms with Crippen LogP contribution >= 0.6 is 11.3 Å². The third-order valence-electron chi connectivity index (χ3n) is 2.92. The first-order valence-electron chi connectivity index (χ1n) is 6.36. The summed E-state index contributed by atoms with van der Waals surface area (Å²) in [7, 11) is 0. The van der Waals surface area contributed by atoms with Crippen LogP contribution < -0.4 is 5.32 Å². The number of carbonyl (C=O) groups excluding carboxylic acids is 1. The van der Waals surface area contributed by atoms with Gasteiger partial charge < -0.3 is 10.4 Å². The zero-order valence-corrected chi connectivity index (χ0v) is 12.3. The van der Waals surface area contributed by atoms with Crippen LogP contribution in [-0.2, 0) is 4.79 Å². The highest BCUT2D eigenvalue weighted by atomic mass is 32.1. The summed E-state index contributed by atoms with van der Waals surface area (Å²) in [4.78, 5) is 26.6. The van der Waals surface area contributed by atoms with Crippen LogP contribution in [0.25, 0.3) is 0 Å². The number of hydrogen-bond acceptors (Lipinski definition) is 4. The third-order valence-corrected chi connectivity index (χ3v) is 3.70. The second kappa shape index (κ2) is 7.23. The monoisotopic (exact) mass is 284 g/mol. The predicted molar refractivity (Wildman–Crippen MR) is 74.4 cm³/mol. The molecule has 6 heteroatoms. The van der Waals surface area contributed by atoms with Crippen LogP contribution in [0.15, 0.2) is 5.38 Å². The van der Waals surface area contributed by atoms with E-state index in [1.54, 1.807) is 12.3 Å². The number of hydrogen-bond donors (Lipinski definition) is 2. The van der Waals surface area contributed by atoms with Crippen LogP contribution in [0.1, 0.15) is 48.6 Å². The maximum atomic E-state index is 11.8. The predicted octanol–water partition coefficient (Wildman–Crippen LogP) is 2.46. The fourth-order valence-electron chi connectivity index (χ4n) is 1.69. The van der Waals surface area contributed by atoms with Gasteiger partial charge in [0.2, 0.25) is 0 Å². The lowest BCUT2D eigenvalue weighted by molar-refractivity contribution is -0.141. The summed E-state index contributed by atoms with van der Waals surface area (Å²) in [6.07, 6.45) is 2.18. The summed E-state index contributed by atoms with van der Waals surface area (Å²) < 4.78 is 0. The van der Waals surface area contributed by atoms with Gasteiger partial charge in [-0.1, -0.05) is 13.3 Å². The van der Waals surface area contributed by atoms with Crippen molar-refractivity contribution in [1.29, 1.82) is 0 Å². The number of carboxylic acids is 1. The topological polar surface area (TPSA) is 79.3 Å². The van der Waals surface area contributed by atoms with Crippen molar-refractivity contribution in [3.8, 4) is 0 Å². The molecule has 1 amide bonds. The van der Waals surface area contributed by atoms with E-state index in [1.165, 1.54) is 11.3 Å². The molecule has 19 heavy (non-hydrogen) atoms. The van der Waals surface area contributed by atoms with E-state index in [-0.39, 0.29) is 17.9 Å². The highest BCUT2D eigenvalue weighted by Crippen LogP contribution is 2.11. The summed E-state index contributed by atoms with van der Waals surface area (Å²) in [5.74, 6) is -1.26. The Morgan fingerprint density at radius 2 is 2.11 bits per heavy atom. The molecular formula is C13H20N2O3S. The van der Waals surface area contributed by atoms with Crippen molar-refractivity contribution < 1.29 is 14.7 Å². The molecule has 0 aliphatic rings. The van der Waals surface area contributed by atoms with Gasteiger partial charge >= 0.3 is 5.97 Å². The standard InChI is InChI=1S/C13H20N2O3S/c1-8(13(17)18)5-4-6-9(2)14-12(16)11-7-19-10(3)15-11/h7-9H,4-6H2,1-3H3,(H,14,16)(H,17,18). The molecule has 0 spiro atoms. The smallest absolute Gasteiger partial charge is 0.306 e. The van der Waals surface area contributed by atoms with Gasteiger partial charge in [-0.2, -0.15) is 0 Å². The number of rotatable bonds is 7. The van der Waals surface area contributed by atoms with Gasteiger partial charge in [0.05, 0.1) is 10.9 Å². The van der Waals surface area contributed by atoms with E-state index < -0.39 is 5.97 Å². The van der Waals surface area contributed by atoms with Crippen LogP contribution in [0.4, 0.5) is 0 Å². The second-order valence-corrected chi connectivity index (χ2v) is 5.86. The Bertz CT molecular complexity index is 445. The lowest BCUT2D eigenvalue weighted by atomic mass is 10.0. The molecule has 0 aliphatic heterocycles. The summed E-state index contributed by atoms with van der Waals surface area (Å²) in [6, 6.07) is 0.0236. The highest BCUT2D eigenvalue weighted by molar-refractivity contribution is 7.09. The van der Waals surface area contributed by atoms with Crippen molar-refractivity contribution >= 4 is 23.2 Å². The molecule has 1 aromatic heterocycles. The van der Waals surface area contributed by atoms with Gasteiger partial charge in [-0.25, -0.2) is 4.98 Å². The van der Waals surface area contributed by atoms with Crippen LogP contribution in [0.2, 0.25) is 0 Å². The van der Waals surface area contributed by atoms with Gasteiger partial charge in [0.1, 0.15) is 5.69 Å². The Kier molecular flexibility index (Phi) is 5.95. The van der Waals surface area contributed by atoms with Gasteiger partial charge in [-0.05, 0) is 26.7 Å². The molecule has 0 fully saturated rings. The van der Waals surface area contributed by atoms with Crippen molar-refractivity contribution in [2.45, 2.75) is 46.1 Å². The van der Waals surface area contributed by atoms with Gasteiger partial charge in [-0.15, -0.1) is 11.3 Å². The second-order valence-electron chi connectivity index (χ2n) is 4.80. The maximum absolute atomic E-state index is 11.8. The SMILES string of the molecule is Cc1nc(C(=O)NC(C)CCCC(C)C(=O)O)cs1. The number of nitrogens with zero attached hydrogens (tertiary/aromatic N) is 1. The number of nitrogens with one attached hydrogen (secondary N) is 1. The molecule has 0 aromatic carbocycles. The number of aromatic nitrogens is 1. The quantitative estimate of drug-likeness (QED) is 0.806. The fourth-order valence-corrected chi connectivity index (χ4v) is 2.28. The zero-order valence-electron chi connectivity index (χ0n) is 11.5. The molecule has 0 aliphatic carbocycles. The molecule has 2 atom stereocenters. The molecule has 2 N–H and O–H groups in total. The maximum Gasteiger partial charge on any atom is 0.306 e. The van der Waals surface area contributed by atoms with Gasteiger partial charge in [0.15, 0.2) is 0 Å². The first-order valence-corrected chi connectivity index (χ1v) is 7.24. The summed E-state index contributed by atoms with van der Waals surface area (Å²) in [5.41, 5.74) is 0.452. The van der Waals surface area contributed by atoms with Crippen molar-refractivity contribution in [1.82, 2.24) is 10.3 Å². The van der Waals surface area contributed by atoms with Crippen LogP contribution in [-0.4, -0.2) is 28.0 Å². The first kappa shape index (κ1) is 15.6. The van der Waals surface area contributed by atoms with E-state index in [0.717, 1.165) is 17.8 Å². The lowest BCUT2D eigenvalue weighted by Gasteiger charge is -2.13. The van der Waals surface area contributed by atoms with E-state index in [9.17, 15) is 9.59 Å². The van der Waals surface area contributed by atoms with Gasteiger partial charge in [0.25, 0.3) is 5.91 Å². The summed E-state index contributed by atoms with van der Waals surface area (Å²) in [6.45, 7) is 5.48. The molecule has 0 bridgehead atoms. The van der Waals surface area contributed by atoms with Crippen LogP contribution in [0.3, 0.4) is 0 Å². The molecular weight excluding hydrogens is 264 g/mol. The first-order chi connectivity index (χ1) is 8.90. The van der Waals surface area contributed by atoms with Gasteiger partial charge in [-0.3, -0.25) is 9.59 Å². The third kappa shape index (κ3) is 5.38. The van der Waals surface area contributed by atoms with Crippen molar-refractivity contribution in [3.05, 3.63) is 16.1 Å². The molecule has 106 valence electrons. The van der Waals surface area contributed by atoms with Crippen LogP contribution in [0.5, 0.6) is 0 Å². The minimum absolute atomic E-state index is 0.0236. The van der Waals surface area contributed by atoms with Gasteiger partial charge in [0, 0.05) is 11.4 Å². The molecule has 2 unspecified atom stereocenters. The zero-order chi connectivity index (χ0) is 14.4. The lowest BCUT2D eigenvalue weighted by Crippen LogP contribution is -2.32. The minimum Gasteiger partial charge on any atom is -0.481 e. The molecule has 0 saturated carbocycles. The Hall–Kier alpha value is -1.43. The average Bonchev–Trinajstić information content (AvgIpc) is 2.75. The van der Waals surface area contributed by atoms with Crippen molar-refractivity contribution in [2.24, 2.45) is 5.92 Å². The molecule has 1 rings (SSSR count). The normalized spacial score (nSPS) is 13.8. The number of thiazole rings is 1. The molecule has 1 aromatic rings. The van der Waals surface area contributed by atoms with E-state index >= 15 is 0 Å². The number of carbonyl (C=O) groups is 2. The van der Waals surface area contributed by atoms with E-state index in [2.05, 4.69) is 10.3 Å². The fraction of sp³-hybridized carbons (Fsp3) is 0.615. The van der Waals surface area contributed by atoms with Crippen molar-refractivity contribution in [2.75, 3.05) is 0 Å². The molecule has 1 heterocycles. The molecule has 0 radical (unpaired) electrons. The molecule has 0 saturated heterocycles. The van der Waals surface area contributed by atoms with Crippen LogP contribution in [0, 0.1) is 12.8 Å². The Labute approximate surface area is 117 Å². The highest BCUT2D eigenvalue weighted by Gasteiger charge is 2.14. The number of aryl methyl sites for hydroxylation is 1. The Morgan fingerprint density at radius 3 is 2.63 bits per heavy atom. The van der Waals surface area contributed by atoms with Crippen molar-refractivity contribution in [3.63, 3.8) is 0 Å². The minimum atomic E-state index is -0.769. The molecule has 5 nitrogen and oxygen atoms in total. The number of aliphatic carboxylic acids is 1. The largest absolute Gasteiger partial charge is 0.481 e. The Balaban J connectivity index is 2.29.